The van der Waals surface area contributed by atoms with Crippen LogP contribution in [-0.4, -0.2) is 12.4 Å². The van der Waals surface area contributed by atoms with Crippen LogP contribution in [0.1, 0.15) is 18.4 Å². The Morgan fingerprint density at radius 1 is 1.42 bits per heavy atom. The molecule has 0 aliphatic carbocycles. The first-order valence-electron chi connectivity index (χ1n) is 4.03. The minimum absolute atomic E-state index is 0.00468. The van der Waals surface area contributed by atoms with E-state index in [1.54, 1.807) is 0 Å². The molecule has 0 N–H and O–H groups in total. The zero-order valence-corrected chi connectivity index (χ0v) is 6.91. The third-order valence-corrected chi connectivity index (χ3v) is 2.24. The molecule has 0 saturated heterocycles. The molecule has 0 amide bonds. The highest BCUT2D eigenvalue weighted by atomic mass is 16.5. The molecule has 1 aliphatic rings. The first-order valence-corrected chi connectivity index (χ1v) is 4.03. The molecular formula is C10H10O2. The molecule has 62 valence electrons. The van der Waals surface area contributed by atoms with E-state index in [0.717, 1.165) is 11.3 Å². The summed E-state index contributed by atoms with van der Waals surface area (Å²) < 4.78 is 5.26. The maximum Gasteiger partial charge on any atom is 0.177 e. The predicted octanol–water partition coefficient (Wildman–Crippen LogP) is 1.75. The van der Waals surface area contributed by atoms with Crippen LogP contribution in [0.4, 0.5) is 0 Å². The molecule has 0 saturated carbocycles. The van der Waals surface area contributed by atoms with Crippen molar-refractivity contribution in [3.63, 3.8) is 0 Å². The van der Waals surface area contributed by atoms with Crippen molar-refractivity contribution in [1.29, 1.82) is 0 Å². The highest BCUT2D eigenvalue weighted by molar-refractivity contribution is 5.88. The van der Waals surface area contributed by atoms with Gasteiger partial charge in [-0.1, -0.05) is 25.1 Å². The molecule has 1 aromatic carbocycles. The lowest BCUT2D eigenvalue weighted by Gasteiger charge is -2.21. The van der Waals surface area contributed by atoms with Gasteiger partial charge in [0.2, 0.25) is 0 Å². The smallest absolute Gasteiger partial charge is 0.177 e. The summed E-state index contributed by atoms with van der Waals surface area (Å²) in [5.74, 6) is 1.01. The summed E-state index contributed by atoms with van der Waals surface area (Å²) in [6, 6.07) is 7.69. The second kappa shape index (κ2) is 2.63. The number of ketones is 1. The third-order valence-electron chi connectivity index (χ3n) is 2.24. The Kier molecular flexibility index (Phi) is 1.61. The maximum absolute atomic E-state index is 11.2. The van der Waals surface area contributed by atoms with Crippen LogP contribution in [0, 0.1) is 0 Å². The van der Waals surface area contributed by atoms with Crippen molar-refractivity contribution in [1.82, 2.24) is 0 Å². The van der Waals surface area contributed by atoms with Crippen LogP contribution in [0.25, 0.3) is 0 Å². The Hall–Kier alpha value is -1.31. The number of Topliss-reactive ketones (excluding diaryl/α,β-unsaturated/α-hetero) is 1. The van der Waals surface area contributed by atoms with Crippen molar-refractivity contribution >= 4 is 5.78 Å². The van der Waals surface area contributed by atoms with Gasteiger partial charge in [-0.15, -0.1) is 0 Å². The summed E-state index contributed by atoms with van der Waals surface area (Å²) >= 11 is 0. The zero-order chi connectivity index (χ0) is 8.55. The quantitative estimate of drug-likeness (QED) is 0.581. The second-order valence-corrected chi connectivity index (χ2v) is 3.01. The molecule has 2 heteroatoms. The van der Waals surface area contributed by atoms with E-state index in [9.17, 15) is 4.79 Å². The number of carbonyl (C=O) groups is 1. The minimum Gasteiger partial charge on any atom is -0.486 e. The summed E-state index contributed by atoms with van der Waals surface area (Å²) in [4.78, 5) is 11.2. The molecule has 0 spiro atoms. The largest absolute Gasteiger partial charge is 0.486 e. The molecule has 0 bridgehead atoms. The van der Waals surface area contributed by atoms with Crippen LogP contribution in [0.15, 0.2) is 24.3 Å². The molecule has 0 radical (unpaired) electrons. The van der Waals surface area contributed by atoms with E-state index in [2.05, 4.69) is 0 Å². The van der Waals surface area contributed by atoms with Crippen LogP contribution in [0.2, 0.25) is 0 Å². The summed E-state index contributed by atoms with van der Waals surface area (Å²) in [6.07, 6.45) is 0. The van der Waals surface area contributed by atoms with Crippen molar-refractivity contribution in [3.8, 4) is 5.75 Å². The molecular weight excluding hydrogens is 152 g/mol. The minimum atomic E-state index is -0.00468. The Morgan fingerprint density at radius 3 is 3.00 bits per heavy atom. The van der Waals surface area contributed by atoms with Crippen molar-refractivity contribution in [2.24, 2.45) is 0 Å². The van der Waals surface area contributed by atoms with Crippen molar-refractivity contribution in [2.45, 2.75) is 12.8 Å². The van der Waals surface area contributed by atoms with Gasteiger partial charge in [0.05, 0.1) is 0 Å². The number of ether oxygens (including phenoxy) is 1. The molecule has 0 unspecified atom stereocenters. The Morgan fingerprint density at radius 2 is 2.17 bits per heavy atom. The predicted molar refractivity (Wildman–Crippen MR) is 45.4 cm³/mol. The van der Waals surface area contributed by atoms with Gasteiger partial charge in [-0.25, -0.2) is 0 Å². The molecule has 1 atom stereocenters. The van der Waals surface area contributed by atoms with Crippen molar-refractivity contribution < 1.29 is 9.53 Å². The van der Waals surface area contributed by atoms with Crippen LogP contribution in [0.5, 0.6) is 5.75 Å². The molecule has 12 heavy (non-hydrogen) atoms. The maximum atomic E-state index is 11.2. The number of rotatable bonds is 0. The molecule has 0 fully saturated rings. The van der Waals surface area contributed by atoms with Gasteiger partial charge in [0, 0.05) is 11.5 Å². The van der Waals surface area contributed by atoms with Gasteiger partial charge in [-0.2, -0.15) is 0 Å². The number of para-hydroxylation sites is 1. The highest BCUT2D eigenvalue weighted by Crippen LogP contribution is 2.30. The van der Waals surface area contributed by atoms with Gasteiger partial charge in [0.15, 0.2) is 5.78 Å². The lowest BCUT2D eigenvalue weighted by molar-refractivity contribution is -0.123. The average Bonchev–Trinajstić information content (AvgIpc) is 2.12. The van der Waals surface area contributed by atoms with Gasteiger partial charge in [0.25, 0.3) is 0 Å². The van der Waals surface area contributed by atoms with E-state index in [0.29, 0.717) is 0 Å². The van der Waals surface area contributed by atoms with Gasteiger partial charge in [-0.05, 0) is 6.07 Å². The highest BCUT2D eigenvalue weighted by Gasteiger charge is 2.23. The number of benzene rings is 1. The standard InChI is InChI=1S/C10H10O2/c1-7-8-4-2-3-5-10(8)12-6-9(7)11/h2-5,7H,6H2,1H3/t7-/m1/s1. The van der Waals surface area contributed by atoms with Crippen molar-refractivity contribution in [2.75, 3.05) is 6.61 Å². The Bertz CT molecular complexity index is 317. The van der Waals surface area contributed by atoms with E-state index in [1.807, 2.05) is 31.2 Å². The molecule has 0 aromatic heterocycles. The van der Waals surface area contributed by atoms with Crippen molar-refractivity contribution in [3.05, 3.63) is 29.8 Å². The van der Waals surface area contributed by atoms with Crippen LogP contribution >= 0.6 is 0 Å². The second-order valence-electron chi connectivity index (χ2n) is 3.01. The fourth-order valence-electron chi connectivity index (χ4n) is 1.42. The van der Waals surface area contributed by atoms with E-state index in [-0.39, 0.29) is 18.3 Å². The zero-order valence-electron chi connectivity index (χ0n) is 6.91. The number of hydrogen-bond acceptors (Lipinski definition) is 2. The summed E-state index contributed by atoms with van der Waals surface area (Å²) in [5.41, 5.74) is 1.01. The Balaban J connectivity index is 2.48. The lowest BCUT2D eigenvalue weighted by Crippen LogP contribution is -2.23. The Labute approximate surface area is 71.2 Å². The monoisotopic (exact) mass is 162 g/mol. The fraction of sp³-hybridized carbons (Fsp3) is 0.300. The van der Waals surface area contributed by atoms with Gasteiger partial charge in [-0.3, -0.25) is 4.79 Å². The first kappa shape index (κ1) is 7.35. The topological polar surface area (TPSA) is 26.3 Å². The van der Waals surface area contributed by atoms with Crippen LogP contribution in [0.3, 0.4) is 0 Å². The molecule has 2 rings (SSSR count). The fourth-order valence-corrected chi connectivity index (χ4v) is 1.42. The van der Waals surface area contributed by atoms with Gasteiger partial charge in [0.1, 0.15) is 12.4 Å². The summed E-state index contributed by atoms with van der Waals surface area (Å²) in [7, 11) is 0. The SMILES string of the molecule is C[C@H]1C(=O)COc2ccccc21. The van der Waals surface area contributed by atoms with Gasteiger partial charge >= 0.3 is 0 Å². The van der Waals surface area contributed by atoms with Gasteiger partial charge < -0.3 is 4.74 Å². The van der Waals surface area contributed by atoms with E-state index < -0.39 is 0 Å². The summed E-state index contributed by atoms with van der Waals surface area (Å²) in [6.45, 7) is 2.14. The summed E-state index contributed by atoms with van der Waals surface area (Å²) in [5, 5.41) is 0. The molecule has 1 heterocycles. The normalized spacial score (nSPS) is 21.4. The number of hydrogen-bond donors (Lipinski definition) is 0. The van der Waals surface area contributed by atoms with E-state index in [4.69, 9.17) is 4.74 Å². The van der Waals surface area contributed by atoms with E-state index >= 15 is 0 Å². The molecule has 2 nitrogen and oxygen atoms in total. The lowest BCUT2D eigenvalue weighted by atomic mass is 9.94. The van der Waals surface area contributed by atoms with Crippen LogP contribution in [-0.2, 0) is 4.79 Å². The number of carbonyl (C=O) groups excluding carboxylic acids is 1. The molecule has 1 aliphatic heterocycles. The van der Waals surface area contributed by atoms with Crippen LogP contribution < -0.4 is 4.74 Å². The van der Waals surface area contributed by atoms with E-state index in [1.165, 1.54) is 0 Å². The number of fused-ring (bicyclic) bond motifs is 1. The first-order chi connectivity index (χ1) is 5.79. The molecule has 1 aromatic rings. The average molecular weight is 162 g/mol. The third kappa shape index (κ3) is 0.998.